The van der Waals surface area contributed by atoms with Gasteiger partial charge in [-0.25, -0.2) is 4.98 Å². The lowest BCUT2D eigenvalue weighted by Gasteiger charge is -1.98. The SMILES string of the molecule is Cc1ccc(N)c(C#Cc2cccc(Cl)c2)n1.Cl. The van der Waals surface area contributed by atoms with E-state index in [1.807, 2.05) is 37.3 Å². The number of nitrogen functional groups attached to an aromatic ring is 1. The van der Waals surface area contributed by atoms with Crippen molar-refractivity contribution in [2.75, 3.05) is 5.73 Å². The lowest BCUT2D eigenvalue weighted by atomic mass is 10.2. The van der Waals surface area contributed by atoms with Gasteiger partial charge in [0.1, 0.15) is 5.69 Å². The molecule has 0 aliphatic carbocycles. The number of hydrogen-bond donors (Lipinski definition) is 1. The van der Waals surface area contributed by atoms with Crippen LogP contribution < -0.4 is 5.73 Å². The Hall–Kier alpha value is -1.69. The topological polar surface area (TPSA) is 38.9 Å². The van der Waals surface area contributed by atoms with Gasteiger partial charge in [0.05, 0.1) is 5.69 Å². The molecule has 0 fully saturated rings. The van der Waals surface area contributed by atoms with Gasteiger partial charge in [-0.1, -0.05) is 23.6 Å². The maximum atomic E-state index is 5.87. The van der Waals surface area contributed by atoms with Crippen molar-refractivity contribution in [1.82, 2.24) is 4.98 Å². The largest absolute Gasteiger partial charge is 0.396 e. The molecule has 0 saturated carbocycles. The number of hydrogen-bond acceptors (Lipinski definition) is 2. The minimum atomic E-state index is 0. The molecule has 0 amide bonds. The number of nitrogens with zero attached hydrogens (tertiary/aromatic N) is 1. The summed E-state index contributed by atoms with van der Waals surface area (Å²) in [4.78, 5) is 4.28. The fourth-order valence-electron chi connectivity index (χ4n) is 1.37. The molecule has 1 aromatic carbocycles. The summed E-state index contributed by atoms with van der Waals surface area (Å²) in [5.41, 5.74) is 8.73. The molecule has 2 nitrogen and oxygen atoms in total. The predicted octanol–water partition coefficient (Wildman–Crippen LogP) is 3.45. The summed E-state index contributed by atoms with van der Waals surface area (Å²) in [5, 5.41) is 0.668. The second kappa shape index (κ2) is 6.30. The van der Waals surface area contributed by atoms with Gasteiger partial charge >= 0.3 is 0 Å². The fraction of sp³-hybridized carbons (Fsp3) is 0.0714. The van der Waals surface area contributed by atoms with Crippen molar-refractivity contribution in [3.63, 3.8) is 0 Å². The monoisotopic (exact) mass is 278 g/mol. The van der Waals surface area contributed by atoms with E-state index < -0.39 is 0 Å². The minimum Gasteiger partial charge on any atom is -0.396 e. The predicted molar refractivity (Wildman–Crippen MR) is 78.1 cm³/mol. The first kappa shape index (κ1) is 14.4. The summed E-state index contributed by atoms with van der Waals surface area (Å²) >= 11 is 5.87. The van der Waals surface area contributed by atoms with Crippen molar-refractivity contribution in [3.05, 3.63) is 58.4 Å². The molecule has 1 heterocycles. The molecule has 2 aromatic rings. The maximum absolute atomic E-state index is 5.87. The zero-order chi connectivity index (χ0) is 12.3. The average Bonchev–Trinajstić information content (AvgIpc) is 2.30. The Morgan fingerprint density at radius 3 is 2.67 bits per heavy atom. The number of benzene rings is 1. The summed E-state index contributed by atoms with van der Waals surface area (Å²) in [7, 11) is 0. The van der Waals surface area contributed by atoms with Crippen LogP contribution in [0, 0.1) is 18.8 Å². The van der Waals surface area contributed by atoms with Gasteiger partial charge in [-0.15, -0.1) is 12.4 Å². The van der Waals surface area contributed by atoms with E-state index in [4.69, 9.17) is 17.3 Å². The summed E-state index contributed by atoms with van der Waals surface area (Å²) in [5.74, 6) is 5.95. The maximum Gasteiger partial charge on any atom is 0.136 e. The summed E-state index contributed by atoms with van der Waals surface area (Å²) in [6, 6.07) is 11.0. The second-order valence-electron chi connectivity index (χ2n) is 3.65. The molecule has 0 atom stereocenters. The van der Waals surface area contributed by atoms with Gasteiger partial charge in [0, 0.05) is 16.3 Å². The third-order valence-corrected chi connectivity index (χ3v) is 2.45. The number of halogens is 2. The van der Waals surface area contributed by atoms with Crippen LogP contribution in [0.5, 0.6) is 0 Å². The molecular weight excluding hydrogens is 267 g/mol. The van der Waals surface area contributed by atoms with Gasteiger partial charge in [0.2, 0.25) is 0 Å². The van der Waals surface area contributed by atoms with Gasteiger partial charge in [-0.2, -0.15) is 0 Å². The van der Waals surface area contributed by atoms with E-state index in [1.165, 1.54) is 0 Å². The van der Waals surface area contributed by atoms with Crippen LogP contribution in [-0.2, 0) is 0 Å². The molecule has 0 unspecified atom stereocenters. The molecule has 0 saturated heterocycles. The van der Waals surface area contributed by atoms with E-state index in [9.17, 15) is 0 Å². The van der Waals surface area contributed by atoms with Gasteiger partial charge in [-0.05, 0) is 43.2 Å². The van der Waals surface area contributed by atoms with Crippen molar-refractivity contribution >= 4 is 29.7 Å². The Bertz CT molecular complexity index is 613. The Kier molecular flexibility index (Phi) is 5.03. The van der Waals surface area contributed by atoms with Crippen molar-refractivity contribution in [2.45, 2.75) is 6.92 Å². The molecule has 4 heteroatoms. The highest BCUT2D eigenvalue weighted by Crippen LogP contribution is 2.11. The summed E-state index contributed by atoms with van der Waals surface area (Å²) in [6.45, 7) is 1.91. The van der Waals surface area contributed by atoms with E-state index in [0.717, 1.165) is 11.3 Å². The highest BCUT2D eigenvalue weighted by Gasteiger charge is 1.96. The van der Waals surface area contributed by atoms with Gasteiger partial charge in [0.15, 0.2) is 0 Å². The van der Waals surface area contributed by atoms with Crippen LogP contribution in [0.2, 0.25) is 5.02 Å². The van der Waals surface area contributed by atoms with E-state index in [0.29, 0.717) is 16.4 Å². The Labute approximate surface area is 118 Å². The minimum absolute atomic E-state index is 0. The van der Waals surface area contributed by atoms with Crippen LogP contribution in [0.3, 0.4) is 0 Å². The molecule has 0 aliphatic heterocycles. The number of rotatable bonds is 0. The number of aromatic nitrogens is 1. The van der Waals surface area contributed by atoms with Crippen LogP contribution in [0.15, 0.2) is 36.4 Å². The number of aryl methyl sites for hydroxylation is 1. The summed E-state index contributed by atoms with van der Waals surface area (Å²) in [6.07, 6.45) is 0. The normalized spacial score (nSPS) is 9.00. The first-order valence-electron chi connectivity index (χ1n) is 5.16. The molecule has 18 heavy (non-hydrogen) atoms. The van der Waals surface area contributed by atoms with E-state index in [2.05, 4.69) is 16.8 Å². The second-order valence-corrected chi connectivity index (χ2v) is 4.09. The standard InChI is InChI=1S/C14H11ClN2.ClH/c1-10-5-7-13(16)14(17-10)8-6-11-3-2-4-12(15)9-11;/h2-5,7,9H,16H2,1H3;1H. The van der Waals surface area contributed by atoms with Gasteiger partial charge in [0.25, 0.3) is 0 Å². The Balaban J connectivity index is 0.00000162. The number of anilines is 1. The third kappa shape index (κ3) is 3.66. The fourth-order valence-corrected chi connectivity index (χ4v) is 1.56. The lowest BCUT2D eigenvalue weighted by molar-refractivity contribution is 1.18. The zero-order valence-electron chi connectivity index (χ0n) is 9.77. The average molecular weight is 279 g/mol. The first-order valence-corrected chi connectivity index (χ1v) is 5.53. The Morgan fingerprint density at radius 1 is 1.17 bits per heavy atom. The molecule has 2 rings (SSSR count). The third-order valence-electron chi connectivity index (χ3n) is 2.22. The number of pyridine rings is 1. The quantitative estimate of drug-likeness (QED) is 0.750. The zero-order valence-corrected chi connectivity index (χ0v) is 11.3. The van der Waals surface area contributed by atoms with Crippen LogP contribution in [0.1, 0.15) is 17.0 Å². The van der Waals surface area contributed by atoms with Gasteiger partial charge < -0.3 is 5.73 Å². The van der Waals surface area contributed by atoms with Crippen LogP contribution in [0.4, 0.5) is 5.69 Å². The van der Waals surface area contributed by atoms with Crippen LogP contribution in [-0.4, -0.2) is 4.98 Å². The molecular formula is C14H12Cl2N2. The smallest absolute Gasteiger partial charge is 0.136 e. The van der Waals surface area contributed by atoms with Crippen molar-refractivity contribution in [1.29, 1.82) is 0 Å². The molecule has 0 aliphatic rings. The van der Waals surface area contributed by atoms with E-state index >= 15 is 0 Å². The van der Waals surface area contributed by atoms with Crippen LogP contribution >= 0.6 is 24.0 Å². The van der Waals surface area contributed by atoms with E-state index in [1.54, 1.807) is 6.07 Å². The van der Waals surface area contributed by atoms with Crippen molar-refractivity contribution in [2.24, 2.45) is 0 Å². The molecule has 0 bridgehead atoms. The Morgan fingerprint density at radius 2 is 1.94 bits per heavy atom. The molecule has 2 N–H and O–H groups in total. The van der Waals surface area contributed by atoms with E-state index in [-0.39, 0.29) is 12.4 Å². The lowest BCUT2D eigenvalue weighted by Crippen LogP contribution is -1.95. The molecule has 1 aromatic heterocycles. The summed E-state index contributed by atoms with van der Waals surface area (Å²) < 4.78 is 0. The highest BCUT2D eigenvalue weighted by atomic mass is 35.5. The van der Waals surface area contributed by atoms with Crippen molar-refractivity contribution in [3.8, 4) is 11.8 Å². The van der Waals surface area contributed by atoms with Crippen LogP contribution in [0.25, 0.3) is 0 Å². The number of nitrogens with two attached hydrogens (primary N) is 1. The molecule has 92 valence electrons. The highest BCUT2D eigenvalue weighted by molar-refractivity contribution is 6.30. The van der Waals surface area contributed by atoms with Gasteiger partial charge in [-0.3, -0.25) is 0 Å². The van der Waals surface area contributed by atoms with Crippen molar-refractivity contribution < 1.29 is 0 Å². The first-order chi connectivity index (χ1) is 8.15. The molecule has 0 radical (unpaired) electrons. The molecule has 0 spiro atoms.